The fraction of sp³-hybridized carbons (Fsp3) is 0.308. The predicted molar refractivity (Wildman–Crippen MR) is 77.4 cm³/mol. The van der Waals surface area contributed by atoms with E-state index in [1.54, 1.807) is 17.4 Å². The highest BCUT2D eigenvalue weighted by Crippen LogP contribution is 2.26. The molecule has 6 heteroatoms. The summed E-state index contributed by atoms with van der Waals surface area (Å²) in [4.78, 5) is 8.78. The van der Waals surface area contributed by atoms with Crippen LogP contribution in [0.25, 0.3) is 0 Å². The third-order valence-corrected chi connectivity index (χ3v) is 4.13. The minimum Gasteiger partial charge on any atom is -0.397 e. The lowest BCUT2D eigenvalue weighted by Crippen LogP contribution is -2.46. The quantitative estimate of drug-likeness (QED) is 0.855. The number of aromatic nitrogens is 1. The largest absolute Gasteiger partial charge is 0.397 e. The zero-order chi connectivity index (χ0) is 13.2. The fourth-order valence-electron chi connectivity index (χ4n) is 2.32. The number of hydrogen-bond donors (Lipinski definition) is 1. The van der Waals surface area contributed by atoms with Crippen molar-refractivity contribution in [1.29, 1.82) is 0 Å². The van der Waals surface area contributed by atoms with Crippen molar-refractivity contribution >= 4 is 27.8 Å². The second-order valence-electron chi connectivity index (χ2n) is 4.49. The summed E-state index contributed by atoms with van der Waals surface area (Å²) < 4.78 is 13.0. The molecule has 0 spiro atoms. The molecule has 0 saturated carbocycles. The molecule has 2 heterocycles. The summed E-state index contributed by atoms with van der Waals surface area (Å²) in [6.07, 6.45) is 1.82. The Balaban J connectivity index is 1.70. The Morgan fingerprint density at radius 1 is 1.16 bits per heavy atom. The zero-order valence-electron chi connectivity index (χ0n) is 10.4. The lowest BCUT2D eigenvalue weighted by atomic mass is 10.2. The normalized spacial score (nSPS) is 15.8. The average Bonchev–Trinajstić information content (AvgIpc) is 2.93. The molecule has 1 aromatic carbocycles. The van der Waals surface area contributed by atoms with E-state index in [1.807, 2.05) is 11.6 Å². The van der Waals surface area contributed by atoms with Gasteiger partial charge in [0, 0.05) is 37.8 Å². The molecule has 0 amide bonds. The van der Waals surface area contributed by atoms with Crippen LogP contribution in [0.2, 0.25) is 0 Å². The van der Waals surface area contributed by atoms with E-state index in [4.69, 9.17) is 5.73 Å². The molecule has 100 valence electrons. The lowest BCUT2D eigenvalue weighted by Gasteiger charge is -2.36. The van der Waals surface area contributed by atoms with Crippen molar-refractivity contribution in [1.82, 2.24) is 4.98 Å². The predicted octanol–water partition coefficient (Wildman–Crippen LogP) is 2.19. The SMILES string of the molecule is Nc1cc(F)ccc1N1CCN(c2nccs2)CC1. The molecule has 0 atom stereocenters. The van der Waals surface area contributed by atoms with Crippen LogP contribution in [0.3, 0.4) is 0 Å². The van der Waals surface area contributed by atoms with E-state index in [1.165, 1.54) is 12.1 Å². The van der Waals surface area contributed by atoms with E-state index in [0.29, 0.717) is 5.69 Å². The number of nitrogen functional groups attached to an aromatic ring is 1. The van der Waals surface area contributed by atoms with E-state index < -0.39 is 0 Å². The number of rotatable bonds is 2. The smallest absolute Gasteiger partial charge is 0.185 e. The summed E-state index contributed by atoms with van der Waals surface area (Å²) in [5.74, 6) is -0.289. The number of piperazine rings is 1. The first kappa shape index (κ1) is 12.2. The summed E-state index contributed by atoms with van der Waals surface area (Å²) in [5.41, 5.74) is 7.30. The van der Waals surface area contributed by atoms with Crippen molar-refractivity contribution in [2.75, 3.05) is 41.7 Å². The summed E-state index contributed by atoms with van der Waals surface area (Å²) in [6.45, 7) is 3.56. The maximum Gasteiger partial charge on any atom is 0.185 e. The first-order chi connectivity index (χ1) is 9.24. The molecular formula is C13H15FN4S. The van der Waals surface area contributed by atoms with Gasteiger partial charge in [-0.15, -0.1) is 11.3 Å². The highest BCUT2D eigenvalue weighted by atomic mass is 32.1. The molecule has 0 bridgehead atoms. The van der Waals surface area contributed by atoms with Gasteiger partial charge < -0.3 is 15.5 Å². The summed E-state index contributed by atoms with van der Waals surface area (Å²) in [5, 5.41) is 3.05. The Morgan fingerprint density at radius 2 is 1.89 bits per heavy atom. The van der Waals surface area contributed by atoms with Gasteiger partial charge in [-0.25, -0.2) is 9.37 Å². The van der Waals surface area contributed by atoms with Crippen molar-refractivity contribution in [3.05, 3.63) is 35.6 Å². The van der Waals surface area contributed by atoms with Crippen LogP contribution in [0, 0.1) is 5.82 Å². The molecule has 1 saturated heterocycles. The van der Waals surface area contributed by atoms with Gasteiger partial charge in [0.1, 0.15) is 5.82 Å². The van der Waals surface area contributed by atoms with Gasteiger partial charge in [0.05, 0.1) is 11.4 Å². The Labute approximate surface area is 115 Å². The molecule has 4 nitrogen and oxygen atoms in total. The highest BCUT2D eigenvalue weighted by Gasteiger charge is 2.20. The lowest BCUT2D eigenvalue weighted by molar-refractivity contribution is 0.625. The zero-order valence-corrected chi connectivity index (χ0v) is 11.2. The second kappa shape index (κ2) is 5.05. The van der Waals surface area contributed by atoms with Gasteiger partial charge in [-0.3, -0.25) is 0 Å². The van der Waals surface area contributed by atoms with Crippen LogP contribution in [0.4, 0.5) is 20.9 Å². The van der Waals surface area contributed by atoms with E-state index in [0.717, 1.165) is 37.0 Å². The summed E-state index contributed by atoms with van der Waals surface area (Å²) in [7, 11) is 0. The van der Waals surface area contributed by atoms with Crippen LogP contribution < -0.4 is 15.5 Å². The van der Waals surface area contributed by atoms with Crippen LogP contribution >= 0.6 is 11.3 Å². The maximum absolute atomic E-state index is 13.0. The molecule has 3 rings (SSSR count). The van der Waals surface area contributed by atoms with Gasteiger partial charge in [0.25, 0.3) is 0 Å². The Kier molecular flexibility index (Phi) is 3.25. The van der Waals surface area contributed by atoms with Crippen molar-refractivity contribution in [2.45, 2.75) is 0 Å². The van der Waals surface area contributed by atoms with Crippen molar-refractivity contribution < 1.29 is 4.39 Å². The Morgan fingerprint density at radius 3 is 2.53 bits per heavy atom. The molecular weight excluding hydrogens is 263 g/mol. The first-order valence-corrected chi connectivity index (χ1v) is 7.06. The third-order valence-electron chi connectivity index (χ3n) is 3.30. The number of thiazole rings is 1. The van der Waals surface area contributed by atoms with Gasteiger partial charge in [0.15, 0.2) is 5.13 Å². The van der Waals surface area contributed by atoms with Gasteiger partial charge in [-0.1, -0.05) is 0 Å². The van der Waals surface area contributed by atoms with Crippen molar-refractivity contribution in [2.24, 2.45) is 0 Å². The molecule has 0 aliphatic carbocycles. The molecule has 0 unspecified atom stereocenters. The van der Waals surface area contributed by atoms with Crippen LogP contribution in [0.5, 0.6) is 0 Å². The standard InChI is InChI=1S/C13H15FN4S/c14-10-1-2-12(11(15)9-10)17-4-6-18(7-5-17)13-16-3-8-19-13/h1-3,8-9H,4-7,15H2. The fourth-order valence-corrected chi connectivity index (χ4v) is 3.02. The monoisotopic (exact) mass is 278 g/mol. The van der Waals surface area contributed by atoms with Gasteiger partial charge in [-0.05, 0) is 18.2 Å². The molecule has 1 fully saturated rings. The molecule has 1 aliphatic heterocycles. The topological polar surface area (TPSA) is 45.4 Å². The second-order valence-corrected chi connectivity index (χ2v) is 5.36. The summed E-state index contributed by atoms with van der Waals surface area (Å²) >= 11 is 1.65. The number of nitrogens with two attached hydrogens (primary N) is 1. The van der Waals surface area contributed by atoms with E-state index in [9.17, 15) is 4.39 Å². The third kappa shape index (κ3) is 2.49. The Bertz CT molecular complexity index is 550. The van der Waals surface area contributed by atoms with Gasteiger partial charge >= 0.3 is 0 Å². The van der Waals surface area contributed by atoms with Crippen molar-refractivity contribution in [3.8, 4) is 0 Å². The number of hydrogen-bond acceptors (Lipinski definition) is 5. The first-order valence-electron chi connectivity index (χ1n) is 6.18. The van der Waals surface area contributed by atoms with Gasteiger partial charge in [-0.2, -0.15) is 0 Å². The van der Waals surface area contributed by atoms with Crippen LogP contribution in [-0.4, -0.2) is 31.2 Å². The van der Waals surface area contributed by atoms with E-state index >= 15 is 0 Å². The number of anilines is 3. The molecule has 0 radical (unpaired) electrons. The maximum atomic E-state index is 13.0. The number of halogens is 1. The van der Waals surface area contributed by atoms with Crippen LogP contribution in [0.15, 0.2) is 29.8 Å². The van der Waals surface area contributed by atoms with E-state index in [2.05, 4.69) is 14.8 Å². The van der Waals surface area contributed by atoms with Crippen LogP contribution in [-0.2, 0) is 0 Å². The summed E-state index contributed by atoms with van der Waals surface area (Å²) in [6, 6.07) is 4.59. The highest BCUT2D eigenvalue weighted by molar-refractivity contribution is 7.13. The van der Waals surface area contributed by atoms with Gasteiger partial charge in [0.2, 0.25) is 0 Å². The molecule has 1 aromatic heterocycles. The van der Waals surface area contributed by atoms with E-state index in [-0.39, 0.29) is 5.82 Å². The van der Waals surface area contributed by atoms with Crippen molar-refractivity contribution in [3.63, 3.8) is 0 Å². The minimum atomic E-state index is -0.289. The minimum absolute atomic E-state index is 0.289. The molecule has 2 aromatic rings. The molecule has 2 N–H and O–H groups in total. The van der Waals surface area contributed by atoms with Crippen LogP contribution in [0.1, 0.15) is 0 Å². The average molecular weight is 278 g/mol. The Hall–Kier alpha value is -1.82. The molecule has 19 heavy (non-hydrogen) atoms. The number of benzene rings is 1. The molecule has 1 aliphatic rings. The number of nitrogens with zero attached hydrogens (tertiary/aromatic N) is 3.